The third kappa shape index (κ3) is 3.54. The van der Waals surface area contributed by atoms with Gasteiger partial charge in [0, 0.05) is 33.2 Å². The summed E-state index contributed by atoms with van der Waals surface area (Å²) in [6.45, 7) is 2.76. The molecule has 2 aromatic heterocycles. The van der Waals surface area contributed by atoms with E-state index >= 15 is 0 Å². The van der Waals surface area contributed by atoms with Crippen LogP contribution in [0.4, 0.5) is 5.69 Å². The summed E-state index contributed by atoms with van der Waals surface area (Å²) in [6.07, 6.45) is 0. The van der Waals surface area contributed by atoms with Crippen LogP contribution in [0, 0.1) is 6.92 Å². The van der Waals surface area contributed by atoms with Gasteiger partial charge in [0.1, 0.15) is 21.6 Å². The zero-order valence-electron chi connectivity index (χ0n) is 18.6. The molecule has 0 aliphatic carbocycles. The lowest BCUT2D eigenvalue weighted by Gasteiger charge is -2.36. The van der Waals surface area contributed by atoms with Crippen LogP contribution < -0.4 is 16.1 Å². The molecule has 0 N–H and O–H groups in total. The molecule has 2 aromatic carbocycles. The fourth-order valence-corrected chi connectivity index (χ4v) is 6.50. The lowest BCUT2D eigenvalue weighted by molar-refractivity contribution is 0.384. The molecular weight excluding hydrogens is 476 g/mol. The average Bonchev–Trinajstić information content (AvgIpc) is 3.33. The van der Waals surface area contributed by atoms with E-state index in [1.807, 2.05) is 23.1 Å². The van der Waals surface area contributed by atoms with Crippen molar-refractivity contribution in [3.63, 3.8) is 0 Å². The molecule has 1 fully saturated rings. The Balaban J connectivity index is 1.48. The molecular formula is C22H22N6O4S2. The molecule has 4 aromatic rings. The second-order valence-electron chi connectivity index (χ2n) is 8.03. The predicted molar refractivity (Wildman–Crippen MR) is 130 cm³/mol. The van der Waals surface area contributed by atoms with Crippen molar-refractivity contribution in [3.05, 3.63) is 75.1 Å². The maximum absolute atomic E-state index is 13.3. The van der Waals surface area contributed by atoms with Crippen LogP contribution in [0.1, 0.15) is 5.69 Å². The summed E-state index contributed by atoms with van der Waals surface area (Å²) < 4.78 is 39.0. The van der Waals surface area contributed by atoms with Crippen LogP contribution in [0.25, 0.3) is 16.7 Å². The Bertz CT molecular complexity index is 1600. The van der Waals surface area contributed by atoms with Gasteiger partial charge in [0.15, 0.2) is 0 Å². The van der Waals surface area contributed by atoms with E-state index in [9.17, 15) is 18.0 Å². The number of rotatable bonds is 4. The molecule has 12 heteroatoms. The van der Waals surface area contributed by atoms with Crippen molar-refractivity contribution < 1.29 is 8.42 Å². The van der Waals surface area contributed by atoms with Crippen LogP contribution in [-0.2, 0) is 17.1 Å². The average molecular weight is 499 g/mol. The smallest absolute Gasteiger partial charge is 0.335 e. The summed E-state index contributed by atoms with van der Waals surface area (Å²) in [6, 6.07) is 14.1. The molecule has 1 aliphatic rings. The van der Waals surface area contributed by atoms with E-state index in [2.05, 4.69) is 8.75 Å². The second-order valence-corrected chi connectivity index (χ2v) is 10.5. The minimum Gasteiger partial charge on any atom is -0.363 e. The van der Waals surface area contributed by atoms with E-state index in [0.717, 1.165) is 16.3 Å². The predicted octanol–water partition coefficient (Wildman–Crippen LogP) is 1.36. The largest absolute Gasteiger partial charge is 0.363 e. The molecule has 0 atom stereocenters. The van der Waals surface area contributed by atoms with E-state index in [4.69, 9.17) is 0 Å². The number of nitrogens with zero attached hydrogens (tertiary/aromatic N) is 6. The van der Waals surface area contributed by atoms with Crippen molar-refractivity contribution in [2.24, 2.45) is 7.05 Å². The first-order valence-electron chi connectivity index (χ1n) is 10.6. The molecule has 0 amide bonds. The Labute approximate surface area is 199 Å². The number of benzene rings is 2. The fourth-order valence-electron chi connectivity index (χ4n) is 4.33. The molecule has 34 heavy (non-hydrogen) atoms. The number of sulfonamides is 1. The van der Waals surface area contributed by atoms with Gasteiger partial charge < -0.3 is 4.90 Å². The van der Waals surface area contributed by atoms with Gasteiger partial charge in [-0.25, -0.2) is 13.2 Å². The molecule has 1 saturated heterocycles. The standard InChI is InChI=1S/C22H22N6O4S2/c1-15-20(21(29)25(2)22(30)28(15)16-7-4-3-5-8-16)26-11-13-27(14-12-26)34(31,32)18-10-6-9-17-19(18)24-33-23-17/h3-10H,11-14H2,1-2H3. The zero-order valence-corrected chi connectivity index (χ0v) is 20.2. The Morgan fingerprint density at radius 3 is 2.32 bits per heavy atom. The number of hydrogen-bond donors (Lipinski definition) is 0. The maximum Gasteiger partial charge on any atom is 0.335 e. The summed E-state index contributed by atoms with van der Waals surface area (Å²) in [5, 5.41) is 0. The van der Waals surface area contributed by atoms with E-state index in [0.29, 0.717) is 41.2 Å². The van der Waals surface area contributed by atoms with Gasteiger partial charge in [-0.15, -0.1) is 0 Å². The molecule has 0 saturated carbocycles. The molecule has 5 rings (SSSR count). The summed E-state index contributed by atoms with van der Waals surface area (Å²) in [5.74, 6) is 0. The first-order valence-corrected chi connectivity index (χ1v) is 12.8. The quantitative estimate of drug-likeness (QED) is 0.418. The van der Waals surface area contributed by atoms with Crippen molar-refractivity contribution in [2.75, 3.05) is 31.1 Å². The van der Waals surface area contributed by atoms with Crippen molar-refractivity contribution in [1.29, 1.82) is 0 Å². The topological polar surface area (TPSA) is 110 Å². The number of anilines is 1. The van der Waals surface area contributed by atoms with Gasteiger partial charge >= 0.3 is 5.69 Å². The van der Waals surface area contributed by atoms with Crippen LogP contribution in [0.5, 0.6) is 0 Å². The van der Waals surface area contributed by atoms with Crippen molar-refractivity contribution in [3.8, 4) is 5.69 Å². The Kier molecular flexibility index (Phi) is 5.58. The van der Waals surface area contributed by atoms with Crippen LogP contribution in [0.15, 0.2) is 63.0 Å². The van der Waals surface area contributed by atoms with Gasteiger partial charge in [0.05, 0.1) is 23.1 Å². The monoisotopic (exact) mass is 498 g/mol. The summed E-state index contributed by atoms with van der Waals surface area (Å²) in [7, 11) is -2.32. The first kappa shape index (κ1) is 22.4. The summed E-state index contributed by atoms with van der Waals surface area (Å²) in [5.41, 5.74) is 1.67. The first-order chi connectivity index (χ1) is 16.3. The molecule has 176 valence electrons. The third-order valence-corrected chi connectivity index (χ3v) is 8.57. The van der Waals surface area contributed by atoms with E-state index in [1.54, 1.807) is 37.3 Å². The highest BCUT2D eigenvalue weighted by atomic mass is 32.2. The number of hydrogen-bond acceptors (Lipinski definition) is 8. The SMILES string of the molecule is Cc1c(N2CCN(S(=O)(=O)c3cccc4nsnc34)CC2)c(=O)n(C)c(=O)n1-c1ccccc1. The van der Waals surface area contributed by atoms with Crippen molar-refractivity contribution in [2.45, 2.75) is 11.8 Å². The Hall–Kier alpha value is -3.35. The van der Waals surface area contributed by atoms with Crippen LogP contribution in [0.2, 0.25) is 0 Å². The lowest BCUT2D eigenvalue weighted by atomic mass is 10.2. The van der Waals surface area contributed by atoms with Gasteiger partial charge in [0.2, 0.25) is 10.0 Å². The van der Waals surface area contributed by atoms with Gasteiger partial charge in [-0.1, -0.05) is 24.3 Å². The summed E-state index contributed by atoms with van der Waals surface area (Å²) >= 11 is 0.977. The molecule has 0 unspecified atom stereocenters. The van der Waals surface area contributed by atoms with E-state index in [1.165, 1.54) is 15.9 Å². The maximum atomic E-state index is 13.3. The Morgan fingerprint density at radius 2 is 1.62 bits per heavy atom. The second kappa shape index (κ2) is 8.46. The minimum atomic E-state index is -3.78. The number of piperazine rings is 1. The number of para-hydroxylation sites is 1. The molecule has 0 spiro atoms. The van der Waals surface area contributed by atoms with Crippen LogP contribution in [-0.4, -0.2) is 56.8 Å². The molecule has 3 heterocycles. The van der Waals surface area contributed by atoms with E-state index < -0.39 is 21.3 Å². The third-order valence-electron chi connectivity index (χ3n) is 6.10. The minimum absolute atomic E-state index is 0.136. The van der Waals surface area contributed by atoms with Crippen LogP contribution >= 0.6 is 11.7 Å². The number of aromatic nitrogens is 4. The fraction of sp³-hybridized carbons (Fsp3) is 0.273. The van der Waals surface area contributed by atoms with Crippen molar-refractivity contribution >= 4 is 38.5 Å². The van der Waals surface area contributed by atoms with Gasteiger partial charge in [0.25, 0.3) is 5.56 Å². The van der Waals surface area contributed by atoms with Gasteiger partial charge in [-0.05, 0) is 31.2 Å². The summed E-state index contributed by atoms with van der Waals surface area (Å²) in [4.78, 5) is 27.9. The normalized spacial score (nSPS) is 15.2. The molecule has 0 bridgehead atoms. The highest BCUT2D eigenvalue weighted by Crippen LogP contribution is 2.26. The van der Waals surface area contributed by atoms with Gasteiger partial charge in [-0.2, -0.15) is 13.1 Å². The Morgan fingerprint density at radius 1 is 0.912 bits per heavy atom. The van der Waals surface area contributed by atoms with E-state index in [-0.39, 0.29) is 18.0 Å². The molecule has 10 nitrogen and oxygen atoms in total. The molecule has 1 aliphatic heterocycles. The lowest BCUT2D eigenvalue weighted by Crippen LogP contribution is -2.52. The number of fused-ring (bicyclic) bond motifs is 1. The highest BCUT2D eigenvalue weighted by Gasteiger charge is 2.32. The zero-order chi connectivity index (χ0) is 24.0. The van der Waals surface area contributed by atoms with Gasteiger partial charge in [-0.3, -0.25) is 13.9 Å². The highest BCUT2D eigenvalue weighted by molar-refractivity contribution is 7.89. The molecule has 0 radical (unpaired) electrons. The van der Waals surface area contributed by atoms with Crippen LogP contribution in [0.3, 0.4) is 0 Å². The van der Waals surface area contributed by atoms with Crippen molar-refractivity contribution in [1.82, 2.24) is 22.2 Å².